The van der Waals surface area contributed by atoms with Crippen LogP contribution in [0.1, 0.15) is 19.8 Å². The molecule has 0 saturated carbocycles. The van der Waals surface area contributed by atoms with Gasteiger partial charge in [-0.25, -0.2) is 9.68 Å². The predicted molar refractivity (Wildman–Crippen MR) is 55.1 cm³/mol. The van der Waals surface area contributed by atoms with Crippen LogP contribution in [0, 0.1) is 0 Å². The molecule has 0 amide bonds. The molecule has 0 atom stereocenters. The fourth-order valence-electron chi connectivity index (χ4n) is 0.716. The number of nitrogens with two attached hydrogens (primary N) is 1. The molecule has 0 bridgehead atoms. The van der Waals surface area contributed by atoms with Crippen molar-refractivity contribution in [1.29, 1.82) is 0 Å². The van der Waals surface area contributed by atoms with Crippen molar-refractivity contribution in [3.05, 3.63) is 11.9 Å². The van der Waals surface area contributed by atoms with Gasteiger partial charge in [0.15, 0.2) is 5.82 Å². The van der Waals surface area contributed by atoms with Crippen molar-refractivity contribution in [2.24, 2.45) is 5.73 Å². The number of aliphatic hydroxyl groups is 2. The van der Waals surface area contributed by atoms with E-state index in [-0.39, 0.29) is 13.2 Å². The minimum absolute atomic E-state index is 0.0558. The maximum absolute atomic E-state index is 8.57. The maximum Gasteiger partial charge on any atom is 0.150 e. The number of rotatable bonds is 9. The second kappa shape index (κ2) is 9.72. The zero-order valence-corrected chi connectivity index (χ0v) is 9.06. The normalized spacial score (nSPS) is 11.8. The van der Waals surface area contributed by atoms with E-state index in [2.05, 4.69) is 0 Å². The zero-order valence-electron chi connectivity index (χ0n) is 9.06. The minimum atomic E-state index is 0.0558. The Balaban J connectivity index is 3.85. The third-order valence-electron chi connectivity index (χ3n) is 1.53. The van der Waals surface area contributed by atoms with E-state index in [0.717, 1.165) is 5.23 Å². The standard InChI is InChI=1S/C9H20N2O4/c1-2-9(10)11(14-7-3-5-12)15-8-4-6-13/h2,12-13H,3-8,10H2,1H3. The van der Waals surface area contributed by atoms with Crippen molar-refractivity contribution in [3.8, 4) is 0 Å². The van der Waals surface area contributed by atoms with E-state index in [1.807, 2.05) is 0 Å². The summed E-state index contributed by atoms with van der Waals surface area (Å²) in [4.78, 5) is 10.3. The molecule has 0 aliphatic rings. The average Bonchev–Trinajstić information content (AvgIpc) is 2.26. The van der Waals surface area contributed by atoms with Gasteiger partial charge in [0.1, 0.15) is 0 Å². The van der Waals surface area contributed by atoms with Crippen LogP contribution in [0.5, 0.6) is 0 Å². The van der Waals surface area contributed by atoms with E-state index in [1.165, 1.54) is 0 Å². The van der Waals surface area contributed by atoms with Gasteiger partial charge in [0.2, 0.25) is 0 Å². The lowest BCUT2D eigenvalue weighted by Gasteiger charge is -2.22. The summed E-state index contributed by atoms with van der Waals surface area (Å²) in [7, 11) is 0. The van der Waals surface area contributed by atoms with Crippen molar-refractivity contribution in [1.82, 2.24) is 5.23 Å². The molecule has 15 heavy (non-hydrogen) atoms. The summed E-state index contributed by atoms with van der Waals surface area (Å²) >= 11 is 0. The highest BCUT2D eigenvalue weighted by Crippen LogP contribution is 2.01. The van der Waals surface area contributed by atoms with Gasteiger partial charge in [0.05, 0.1) is 13.2 Å². The van der Waals surface area contributed by atoms with Crippen LogP contribution < -0.4 is 5.73 Å². The Bertz CT molecular complexity index is 165. The highest BCUT2D eigenvalue weighted by molar-refractivity contribution is 4.86. The Hall–Kier alpha value is -0.820. The Morgan fingerprint density at radius 3 is 2.00 bits per heavy atom. The van der Waals surface area contributed by atoms with Gasteiger partial charge in [-0.3, -0.25) is 0 Å². The molecule has 0 aromatic rings. The van der Waals surface area contributed by atoms with Crippen molar-refractivity contribution in [3.63, 3.8) is 0 Å². The molecule has 6 heteroatoms. The monoisotopic (exact) mass is 220 g/mol. The van der Waals surface area contributed by atoms with Gasteiger partial charge in [-0.05, 0) is 25.8 Å². The Morgan fingerprint density at radius 2 is 1.67 bits per heavy atom. The Labute approximate surface area is 89.8 Å². The fraction of sp³-hybridized carbons (Fsp3) is 0.778. The first-order valence-electron chi connectivity index (χ1n) is 4.95. The van der Waals surface area contributed by atoms with Crippen LogP contribution in [0.2, 0.25) is 0 Å². The Morgan fingerprint density at radius 1 is 1.20 bits per heavy atom. The molecule has 0 aliphatic heterocycles. The molecule has 4 N–H and O–H groups in total. The smallest absolute Gasteiger partial charge is 0.150 e. The summed E-state index contributed by atoms with van der Waals surface area (Å²) in [6, 6.07) is 0. The molecule has 0 aromatic carbocycles. The molecular weight excluding hydrogens is 200 g/mol. The summed E-state index contributed by atoms with van der Waals surface area (Å²) in [6.45, 7) is 2.52. The molecule has 0 spiro atoms. The molecule has 6 nitrogen and oxygen atoms in total. The molecule has 0 heterocycles. The first-order valence-corrected chi connectivity index (χ1v) is 4.95. The summed E-state index contributed by atoms with van der Waals surface area (Å²) in [5.74, 6) is 0.339. The summed E-state index contributed by atoms with van der Waals surface area (Å²) in [5, 5.41) is 18.2. The van der Waals surface area contributed by atoms with Crippen molar-refractivity contribution >= 4 is 0 Å². The molecule has 0 fully saturated rings. The van der Waals surface area contributed by atoms with Crippen LogP contribution in [0.4, 0.5) is 0 Å². The van der Waals surface area contributed by atoms with Gasteiger partial charge < -0.3 is 15.9 Å². The van der Waals surface area contributed by atoms with Crippen molar-refractivity contribution in [2.75, 3.05) is 26.4 Å². The Kier molecular flexibility index (Phi) is 9.19. The van der Waals surface area contributed by atoms with Gasteiger partial charge in [-0.1, -0.05) is 0 Å². The lowest BCUT2D eigenvalue weighted by atomic mass is 10.5. The van der Waals surface area contributed by atoms with E-state index >= 15 is 0 Å². The number of hydroxylamine groups is 2. The van der Waals surface area contributed by atoms with Crippen LogP contribution >= 0.6 is 0 Å². The number of aliphatic hydroxyl groups excluding tert-OH is 2. The molecule has 0 unspecified atom stereocenters. The quantitative estimate of drug-likeness (QED) is 0.366. The van der Waals surface area contributed by atoms with Crippen LogP contribution in [0.15, 0.2) is 11.9 Å². The maximum atomic E-state index is 8.57. The molecule has 90 valence electrons. The van der Waals surface area contributed by atoms with E-state index < -0.39 is 0 Å². The lowest BCUT2D eigenvalue weighted by Crippen LogP contribution is -2.29. The predicted octanol–water partition coefficient (Wildman–Crippen LogP) is -0.264. The zero-order chi connectivity index (χ0) is 11.5. The topological polar surface area (TPSA) is 88.2 Å². The summed E-state index contributed by atoms with van der Waals surface area (Å²) < 4.78 is 0. The second-order valence-corrected chi connectivity index (χ2v) is 2.79. The van der Waals surface area contributed by atoms with Crippen LogP contribution in [0.25, 0.3) is 0 Å². The number of allylic oxidation sites excluding steroid dienone is 1. The lowest BCUT2D eigenvalue weighted by molar-refractivity contribution is -0.347. The van der Waals surface area contributed by atoms with Gasteiger partial charge >= 0.3 is 0 Å². The van der Waals surface area contributed by atoms with Crippen LogP contribution in [0.3, 0.4) is 0 Å². The number of hydrogen-bond donors (Lipinski definition) is 3. The van der Waals surface area contributed by atoms with Gasteiger partial charge in [-0.2, -0.15) is 0 Å². The summed E-state index contributed by atoms with van der Waals surface area (Å²) in [6.07, 6.45) is 2.66. The molecule has 0 rings (SSSR count). The average molecular weight is 220 g/mol. The SMILES string of the molecule is CC=C(N)N(OCCCO)OCCCO. The molecule has 0 saturated heterocycles. The third kappa shape index (κ3) is 7.15. The minimum Gasteiger partial charge on any atom is -0.396 e. The van der Waals surface area contributed by atoms with Gasteiger partial charge in [0, 0.05) is 13.2 Å². The first kappa shape index (κ1) is 14.2. The van der Waals surface area contributed by atoms with Crippen LogP contribution in [-0.4, -0.2) is 41.9 Å². The highest BCUT2D eigenvalue weighted by Gasteiger charge is 2.06. The van der Waals surface area contributed by atoms with Gasteiger partial charge in [-0.15, -0.1) is 5.23 Å². The number of nitrogens with zero attached hydrogens (tertiary/aromatic N) is 1. The first-order chi connectivity index (χ1) is 7.26. The third-order valence-corrected chi connectivity index (χ3v) is 1.53. The largest absolute Gasteiger partial charge is 0.396 e. The number of hydrogen-bond acceptors (Lipinski definition) is 6. The van der Waals surface area contributed by atoms with Crippen molar-refractivity contribution < 1.29 is 19.9 Å². The van der Waals surface area contributed by atoms with Crippen molar-refractivity contribution in [2.45, 2.75) is 19.8 Å². The molecular formula is C9H20N2O4. The van der Waals surface area contributed by atoms with E-state index in [1.54, 1.807) is 13.0 Å². The summed E-state index contributed by atoms with van der Waals surface area (Å²) in [5.41, 5.74) is 5.59. The second-order valence-electron chi connectivity index (χ2n) is 2.79. The molecule has 0 radical (unpaired) electrons. The molecule has 0 aliphatic carbocycles. The fourth-order valence-corrected chi connectivity index (χ4v) is 0.716. The van der Waals surface area contributed by atoms with Crippen LogP contribution in [-0.2, 0) is 9.68 Å². The highest BCUT2D eigenvalue weighted by atomic mass is 16.9. The molecule has 0 aromatic heterocycles. The van der Waals surface area contributed by atoms with Gasteiger partial charge in [0.25, 0.3) is 0 Å². The van der Waals surface area contributed by atoms with E-state index in [9.17, 15) is 0 Å². The van der Waals surface area contributed by atoms with E-state index in [4.69, 9.17) is 25.6 Å². The van der Waals surface area contributed by atoms with E-state index in [0.29, 0.717) is 31.9 Å².